The lowest BCUT2D eigenvalue weighted by Gasteiger charge is -2.25. The van der Waals surface area contributed by atoms with Gasteiger partial charge in [-0.25, -0.2) is 4.79 Å². The molecule has 2 amide bonds. The summed E-state index contributed by atoms with van der Waals surface area (Å²) in [5.41, 5.74) is 0.925. The molecule has 2 unspecified atom stereocenters. The van der Waals surface area contributed by atoms with E-state index in [1.165, 1.54) is 12.0 Å². The van der Waals surface area contributed by atoms with Gasteiger partial charge in [0.25, 0.3) is 0 Å². The molecule has 3 rings (SSSR count). The van der Waals surface area contributed by atoms with E-state index < -0.39 is 35.4 Å². The van der Waals surface area contributed by atoms with Crippen molar-refractivity contribution in [3.8, 4) is 5.75 Å². The van der Waals surface area contributed by atoms with Crippen molar-refractivity contribution in [1.82, 2.24) is 5.06 Å². The summed E-state index contributed by atoms with van der Waals surface area (Å²) in [6.07, 6.45) is -1.12. The molecule has 2 aromatic carbocycles. The topological polar surface area (TPSA) is 145 Å². The fourth-order valence-electron chi connectivity index (χ4n) is 3.00. The van der Waals surface area contributed by atoms with Crippen LogP contribution in [0, 0.1) is 0 Å². The van der Waals surface area contributed by atoms with E-state index in [4.69, 9.17) is 10.6 Å². The van der Waals surface area contributed by atoms with Crippen LogP contribution in [0.25, 0.3) is 10.1 Å². The number of halogens is 3. The Bertz CT molecular complexity index is 1400. The largest absolute Gasteiger partial charge is 0.523 e. The number of thiophene rings is 1. The van der Waals surface area contributed by atoms with E-state index in [-0.39, 0.29) is 25.0 Å². The van der Waals surface area contributed by atoms with Gasteiger partial charge >= 0.3 is 21.7 Å². The molecule has 3 N–H and O–H groups in total. The second-order valence-corrected chi connectivity index (χ2v) is 13.3. The molecule has 0 saturated carbocycles. The first-order valence-corrected chi connectivity index (χ1v) is 15.7. The van der Waals surface area contributed by atoms with Gasteiger partial charge in [-0.1, -0.05) is 30.3 Å². The first kappa shape index (κ1) is 32.5. The third kappa shape index (κ3) is 9.78. The Morgan fingerprint density at radius 1 is 1.18 bits per heavy atom. The second-order valence-electron chi connectivity index (χ2n) is 8.05. The number of hydrogen-bond donors (Lipinski definition) is 2. The van der Waals surface area contributed by atoms with E-state index in [0.717, 1.165) is 27.2 Å². The number of nitrogens with two attached hydrogens (primary N) is 1. The van der Waals surface area contributed by atoms with Crippen molar-refractivity contribution < 1.29 is 49.6 Å². The van der Waals surface area contributed by atoms with Gasteiger partial charge in [0.05, 0.1) is 12.6 Å². The first-order chi connectivity index (χ1) is 18.1. The number of phenols is 1. The maximum absolute atomic E-state index is 11.8. The molecule has 0 saturated heterocycles. The van der Waals surface area contributed by atoms with E-state index in [1.54, 1.807) is 23.5 Å². The standard InChI is InChI=1S/C18H18N2O3S.C5H10F3O5PS/c1-12(17-10-14-9-15(21)7-8-16(14)24-17)20(18(19)22)23-11-13-5-3-2-4-6-13;1-3-12-14(2,9)4-13-15(10,11)5(6,7)8/h2-10,12,21H,11H2,1H3,(H2,19,22);3-4H2,1-2H3. The number of hydroxylamine groups is 2. The predicted octanol–water partition coefficient (Wildman–Crippen LogP) is 5.93. The smallest absolute Gasteiger partial charge is 0.508 e. The molecule has 1 aromatic heterocycles. The first-order valence-electron chi connectivity index (χ1n) is 11.2. The summed E-state index contributed by atoms with van der Waals surface area (Å²) in [4.78, 5) is 18.4. The fourth-order valence-corrected chi connectivity index (χ4v) is 6.15. The van der Waals surface area contributed by atoms with Gasteiger partial charge in [0.15, 0.2) is 0 Å². The highest BCUT2D eigenvalue weighted by Crippen LogP contribution is 2.43. The zero-order chi connectivity index (χ0) is 29.4. The summed E-state index contributed by atoms with van der Waals surface area (Å²) in [6, 6.07) is 15.8. The van der Waals surface area contributed by atoms with E-state index in [2.05, 4.69) is 8.71 Å². The van der Waals surface area contributed by atoms with Gasteiger partial charge in [0, 0.05) is 16.2 Å². The molecule has 0 aliphatic heterocycles. The number of urea groups is 1. The molecular weight excluding hydrogens is 584 g/mol. The highest BCUT2D eigenvalue weighted by molar-refractivity contribution is 7.87. The average Bonchev–Trinajstić information content (AvgIpc) is 3.26. The summed E-state index contributed by atoms with van der Waals surface area (Å²) < 4.78 is 76.4. The number of alkyl halides is 3. The van der Waals surface area contributed by atoms with Crippen LogP contribution in [-0.4, -0.2) is 49.7 Å². The molecule has 10 nitrogen and oxygen atoms in total. The van der Waals surface area contributed by atoms with Crippen LogP contribution < -0.4 is 5.73 Å². The van der Waals surface area contributed by atoms with Crippen LogP contribution in [-0.2, 0) is 34.8 Å². The lowest BCUT2D eigenvalue weighted by molar-refractivity contribution is -0.149. The molecule has 0 spiro atoms. The molecule has 2 atom stereocenters. The molecule has 0 bridgehead atoms. The van der Waals surface area contributed by atoms with Gasteiger partial charge in [0.2, 0.25) is 7.37 Å². The highest BCUT2D eigenvalue weighted by Gasteiger charge is 2.48. The Morgan fingerprint density at radius 2 is 1.82 bits per heavy atom. The third-order valence-electron chi connectivity index (χ3n) is 4.84. The van der Waals surface area contributed by atoms with Crippen molar-refractivity contribution >= 4 is 44.9 Å². The minimum atomic E-state index is -5.70. The van der Waals surface area contributed by atoms with E-state index in [9.17, 15) is 36.1 Å². The van der Waals surface area contributed by atoms with Crippen molar-refractivity contribution in [3.05, 3.63) is 65.0 Å². The number of benzene rings is 2. The van der Waals surface area contributed by atoms with Gasteiger partial charge in [-0.15, -0.1) is 11.3 Å². The lowest BCUT2D eigenvalue weighted by atomic mass is 10.2. The number of carbonyl (C=O) groups excluding carboxylic acids is 1. The predicted molar refractivity (Wildman–Crippen MR) is 141 cm³/mol. The minimum Gasteiger partial charge on any atom is -0.508 e. The van der Waals surface area contributed by atoms with Crippen molar-refractivity contribution in [2.24, 2.45) is 5.73 Å². The Balaban J connectivity index is 0.000000309. The summed E-state index contributed by atoms with van der Waals surface area (Å²) >= 11 is 1.54. The lowest BCUT2D eigenvalue weighted by Crippen LogP contribution is -2.37. The Labute approximate surface area is 227 Å². The quantitative estimate of drug-likeness (QED) is 0.124. The van der Waals surface area contributed by atoms with Crippen LogP contribution in [0.3, 0.4) is 0 Å². The third-order valence-corrected chi connectivity index (χ3v) is 8.70. The molecule has 0 aliphatic rings. The van der Waals surface area contributed by atoms with Gasteiger partial charge < -0.3 is 15.4 Å². The number of primary amides is 1. The molecule has 3 aromatic rings. The maximum Gasteiger partial charge on any atom is 0.523 e. The van der Waals surface area contributed by atoms with Crippen LogP contribution in [0.5, 0.6) is 5.75 Å². The van der Waals surface area contributed by atoms with Crippen LogP contribution >= 0.6 is 18.7 Å². The van der Waals surface area contributed by atoms with E-state index in [0.29, 0.717) is 0 Å². The van der Waals surface area contributed by atoms with E-state index >= 15 is 0 Å². The van der Waals surface area contributed by atoms with Crippen LogP contribution in [0.15, 0.2) is 54.6 Å². The molecular formula is C23H28F3N2O8PS2. The summed E-state index contributed by atoms with van der Waals surface area (Å²) in [7, 11) is -9.16. The van der Waals surface area contributed by atoms with Crippen molar-refractivity contribution in [1.29, 1.82) is 0 Å². The van der Waals surface area contributed by atoms with Crippen molar-refractivity contribution in [2.75, 3.05) is 19.6 Å². The van der Waals surface area contributed by atoms with Crippen LogP contribution in [0.2, 0.25) is 0 Å². The number of hydrogen-bond acceptors (Lipinski definition) is 9. The van der Waals surface area contributed by atoms with Crippen molar-refractivity contribution in [2.45, 2.75) is 32.0 Å². The monoisotopic (exact) mass is 612 g/mol. The maximum atomic E-state index is 11.8. The Morgan fingerprint density at radius 3 is 2.38 bits per heavy atom. The number of amides is 2. The zero-order valence-corrected chi connectivity index (χ0v) is 23.6. The average molecular weight is 613 g/mol. The summed E-state index contributed by atoms with van der Waals surface area (Å²) in [6.45, 7) is 4.57. The molecule has 0 radical (unpaired) electrons. The minimum absolute atomic E-state index is 0.0107. The van der Waals surface area contributed by atoms with Gasteiger partial charge in [0.1, 0.15) is 18.7 Å². The molecule has 39 heavy (non-hydrogen) atoms. The van der Waals surface area contributed by atoms with Gasteiger partial charge in [-0.2, -0.15) is 26.7 Å². The zero-order valence-electron chi connectivity index (χ0n) is 21.1. The number of phenolic OH excluding ortho intramolecular Hbond substituents is 1. The van der Waals surface area contributed by atoms with Crippen molar-refractivity contribution in [3.63, 3.8) is 0 Å². The SMILES string of the molecule is CC(c1cc2cc(O)ccc2s1)N(OCc1ccccc1)C(N)=O.CCOP(C)(=O)COS(=O)(=O)C(F)(F)F. The molecule has 0 aliphatic carbocycles. The normalized spacial score (nSPS) is 14.2. The number of rotatable bonds is 10. The van der Waals surface area contributed by atoms with Gasteiger partial charge in [-0.05, 0) is 49.1 Å². The number of nitrogens with zero attached hydrogens (tertiary/aromatic N) is 1. The summed E-state index contributed by atoms with van der Waals surface area (Å²) in [5.74, 6) is 0.214. The Kier molecular flexibility index (Phi) is 11.3. The van der Waals surface area contributed by atoms with Crippen LogP contribution in [0.1, 0.15) is 30.3 Å². The second kappa shape index (κ2) is 13.6. The van der Waals surface area contributed by atoms with E-state index in [1.807, 2.05) is 49.4 Å². The summed E-state index contributed by atoms with van der Waals surface area (Å²) in [5, 5.41) is 11.7. The van der Waals surface area contributed by atoms with Gasteiger partial charge in [-0.3, -0.25) is 13.6 Å². The van der Waals surface area contributed by atoms with Crippen LogP contribution in [0.4, 0.5) is 18.0 Å². The number of carbonyl (C=O) groups is 1. The molecule has 216 valence electrons. The number of aromatic hydroxyl groups is 1. The highest BCUT2D eigenvalue weighted by atomic mass is 32.2. The molecule has 1 heterocycles. The fraction of sp³-hybridized carbons (Fsp3) is 0.348. The molecule has 16 heteroatoms. The molecule has 0 fully saturated rings. The number of fused-ring (bicyclic) bond motifs is 1. The Hall–Kier alpha value is -2.68.